The Morgan fingerprint density at radius 1 is 1.22 bits per heavy atom. The van der Waals surface area contributed by atoms with Crippen LogP contribution in [-0.4, -0.2) is 39.7 Å². The fourth-order valence-corrected chi connectivity index (χ4v) is 3.55. The van der Waals surface area contributed by atoms with Gasteiger partial charge in [0.15, 0.2) is 0 Å². The van der Waals surface area contributed by atoms with Gasteiger partial charge < -0.3 is 14.6 Å². The Labute approximate surface area is 137 Å². The molecule has 0 spiro atoms. The van der Waals surface area contributed by atoms with E-state index in [2.05, 4.69) is 6.92 Å². The van der Waals surface area contributed by atoms with E-state index in [1.54, 1.807) is 0 Å². The largest absolute Gasteiger partial charge is 0.394 e. The summed E-state index contributed by atoms with van der Waals surface area (Å²) in [6, 6.07) is 13.9. The van der Waals surface area contributed by atoms with Gasteiger partial charge in [0.1, 0.15) is 5.69 Å². The van der Waals surface area contributed by atoms with Crippen LogP contribution in [0.1, 0.15) is 30.3 Å². The average Bonchev–Trinajstić information content (AvgIpc) is 2.96. The summed E-state index contributed by atoms with van der Waals surface area (Å²) in [5.41, 5.74) is 2.80. The number of nitrogens with zero attached hydrogens (tertiary/aromatic N) is 2. The molecule has 1 N–H and O–H groups in total. The molecule has 1 aromatic heterocycles. The number of hydrogen-bond acceptors (Lipinski definition) is 2. The highest BCUT2D eigenvalue weighted by Gasteiger charge is 2.32. The molecule has 2 heterocycles. The van der Waals surface area contributed by atoms with E-state index in [-0.39, 0.29) is 18.6 Å². The van der Waals surface area contributed by atoms with E-state index in [4.69, 9.17) is 0 Å². The summed E-state index contributed by atoms with van der Waals surface area (Å²) in [6.45, 7) is 2.86. The van der Waals surface area contributed by atoms with E-state index >= 15 is 0 Å². The van der Waals surface area contributed by atoms with Crippen LogP contribution in [0.5, 0.6) is 0 Å². The van der Waals surface area contributed by atoms with Crippen molar-refractivity contribution in [2.24, 2.45) is 13.0 Å². The molecular formula is C19H24N2O2. The van der Waals surface area contributed by atoms with Crippen LogP contribution in [0, 0.1) is 5.92 Å². The maximum Gasteiger partial charge on any atom is 0.270 e. The second-order valence-corrected chi connectivity index (χ2v) is 6.40. The summed E-state index contributed by atoms with van der Waals surface area (Å²) in [4.78, 5) is 14.8. The van der Waals surface area contributed by atoms with Gasteiger partial charge in [-0.2, -0.15) is 0 Å². The van der Waals surface area contributed by atoms with Crippen molar-refractivity contribution in [3.05, 3.63) is 48.2 Å². The second kappa shape index (κ2) is 6.59. The molecule has 1 aliphatic rings. The summed E-state index contributed by atoms with van der Waals surface area (Å²) in [7, 11) is 1.93. The fraction of sp³-hybridized carbons (Fsp3) is 0.421. The van der Waals surface area contributed by atoms with Crippen molar-refractivity contribution in [3.63, 3.8) is 0 Å². The van der Waals surface area contributed by atoms with Crippen LogP contribution < -0.4 is 0 Å². The van der Waals surface area contributed by atoms with Crippen molar-refractivity contribution in [3.8, 4) is 11.3 Å². The number of rotatable bonds is 3. The lowest BCUT2D eigenvalue weighted by Crippen LogP contribution is -2.50. The standard InChI is InChI=1S/C19H24N2O2/c1-14-7-6-12-21(18(14)13-22)19(23)17-11-10-16(20(17)2)15-8-4-3-5-9-15/h3-5,8-11,14,18,22H,6-7,12-13H2,1-2H3. The molecule has 0 radical (unpaired) electrons. The van der Waals surface area contributed by atoms with Crippen molar-refractivity contribution in [1.82, 2.24) is 9.47 Å². The molecule has 0 bridgehead atoms. The van der Waals surface area contributed by atoms with Crippen molar-refractivity contribution < 1.29 is 9.90 Å². The highest BCUT2D eigenvalue weighted by atomic mass is 16.3. The molecular weight excluding hydrogens is 288 g/mol. The summed E-state index contributed by atoms with van der Waals surface area (Å²) >= 11 is 0. The number of likely N-dealkylation sites (tertiary alicyclic amines) is 1. The Morgan fingerprint density at radius 2 is 1.96 bits per heavy atom. The fourth-order valence-electron chi connectivity index (χ4n) is 3.55. The van der Waals surface area contributed by atoms with Gasteiger partial charge in [-0.25, -0.2) is 0 Å². The van der Waals surface area contributed by atoms with Crippen LogP contribution in [0.2, 0.25) is 0 Å². The van der Waals surface area contributed by atoms with Gasteiger partial charge in [0, 0.05) is 19.3 Å². The molecule has 4 heteroatoms. The van der Waals surface area contributed by atoms with Gasteiger partial charge in [0.25, 0.3) is 5.91 Å². The highest BCUT2D eigenvalue weighted by molar-refractivity contribution is 5.94. The van der Waals surface area contributed by atoms with Gasteiger partial charge in [-0.15, -0.1) is 0 Å². The Hall–Kier alpha value is -2.07. The molecule has 1 aromatic carbocycles. The minimum Gasteiger partial charge on any atom is -0.394 e. The molecule has 1 amide bonds. The summed E-state index contributed by atoms with van der Waals surface area (Å²) in [6.07, 6.45) is 2.07. The molecule has 1 saturated heterocycles. The minimum absolute atomic E-state index is 0.0141. The molecule has 0 saturated carbocycles. The van der Waals surface area contributed by atoms with Crippen molar-refractivity contribution in [1.29, 1.82) is 0 Å². The zero-order chi connectivity index (χ0) is 16.4. The summed E-state index contributed by atoms with van der Waals surface area (Å²) in [5, 5.41) is 9.68. The number of aliphatic hydroxyl groups is 1. The third-order valence-corrected chi connectivity index (χ3v) is 4.97. The Kier molecular flexibility index (Phi) is 4.53. The Bertz CT molecular complexity index is 678. The average molecular weight is 312 g/mol. The Balaban J connectivity index is 1.90. The number of carbonyl (C=O) groups is 1. The summed E-state index contributed by atoms with van der Waals surface area (Å²) < 4.78 is 1.95. The van der Waals surface area contributed by atoms with E-state index in [9.17, 15) is 9.90 Å². The number of carbonyl (C=O) groups excluding carboxylic acids is 1. The van der Waals surface area contributed by atoms with Crippen molar-refractivity contribution >= 4 is 5.91 Å². The molecule has 2 unspecified atom stereocenters. The van der Waals surface area contributed by atoms with Crippen molar-refractivity contribution in [2.45, 2.75) is 25.8 Å². The van der Waals surface area contributed by atoms with Crippen LogP contribution in [0.25, 0.3) is 11.3 Å². The lowest BCUT2D eigenvalue weighted by molar-refractivity contribution is 0.0350. The molecule has 122 valence electrons. The number of aromatic nitrogens is 1. The molecule has 4 nitrogen and oxygen atoms in total. The van der Waals surface area contributed by atoms with Crippen molar-refractivity contribution in [2.75, 3.05) is 13.2 Å². The highest BCUT2D eigenvalue weighted by Crippen LogP contribution is 2.27. The predicted molar refractivity (Wildman–Crippen MR) is 91.2 cm³/mol. The van der Waals surface area contributed by atoms with Gasteiger partial charge in [-0.1, -0.05) is 37.3 Å². The minimum atomic E-state index is -0.0775. The maximum atomic E-state index is 13.0. The third kappa shape index (κ3) is 2.91. The number of amides is 1. The normalized spacial score (nSPS) is 21.4. The molecule has 2 atom stereocenters. The smallest absolute Gasteiger partial charge is 0.270 e. The zero-order valence-electron chi connectivity index (χ0n) is 13.8. The Morgan fingerprint density at radius 3 is 2.65 bits per heavy atom. The second-order valence-electron chi connectivity index (χ2n) is 6.40. The first-order valence-electron chi connectivity index (χ1n) is 8.26. The lowest BCUT2D eigenvalue weighted by atomic mass is 9.91. The van der Waals surface area contributed by atoms with E-state index in [0.29, 0.717) is 11.6 Å². The number of piperidine rings is 1. The molecule has 2 aromatic rings. The molecule has 1 aliphatic heterocycles. The predicted octanol–water partition coefficient (Wildman–Crippen LogP) is 2.93. The first-order valence-corrected chi connectivity index (χ1v) is 8.26. The maximum absolute atomic E-state index is 13.0. The van der Waals surface area contributed by atoms with E-state index in [1.807, 2.05) is 59.0 Å². The molecule has 3 rings (SSSR count). The first-order chi connectivity index (χ1) is 11.1. The van der Waals surface area contributed by atoms with Gasteiger partial charge in [-0.05, 0) is 36.5 Å². The quantitative estimate of drug-likeness (QED) is 0.947. The van der Waals surface area contributed by atoms with Crippen LogP contribution >= 0.6 is 0 Å². The monoisotopic (exact) mass is 312 g/mol. The number of hydrogen-bond donors (Lipinski definition) is 1. The van der Waals surface area contributed by atoms with Crippen LogP contribution in [0.15, 0.2) is 42.5 Å². The third-order valence-electron chi connectivity index (χ3n) is 4.97. The van der Waals surface area contributed by atoms with Crippen LogP contribution in [-0.2, 0) is 7.05 Å². The van der Waals surface area contributed by atoms with Gasteiger partial charge in [0.2, 0.25) is 0 Å². The zero-order valence-corrected chi connectivity index (χ0v) is 13.8. The first kappa shape index (κ1) is 15.8. The number of benzene rings is 1. The molecule has 1 fully saturated rings. The number of aliphatic hydroxyl groups excluding tert-OH is 1. The molecule has 23 heavy (non-hydrogen) atoms. The van der Waals surface area contributed by atoms with E-state index in [0.717, 1.165) is 30.6 Å². The van der Waals surface area contributed by atoms with E-state index in [1.165, 1.54) is 0 Å². The van der Waals surface area contributed by atoms with Gasteiger partial charge >= 0.3 is 0 Å². The van der Waals surface area contributed by atoms with Gasteiger partial charge in [-0.3, -0.25) is 4.79 Å². The lowest BCUT2D eigenvalue weighted by Gasteiger charge is -2.39. The van der Waals surface area contributed by atoms with Crippen LogP contribution in [0.4, 0.5) is 0 Å². The van der Waals surface area contributed by atoms with Gasteiger partial charge in [0.05, 0.1) is 12.6 Å². The topological polar surface area (TPSA) is 45.5 Å². The SMILES string of the molecule is CC1CCCN(C(=O)c2ccc(-c3ccccc3)n2C)C1CO. The molecule has 0 aliphatic carbocycles. The van der Waals surface area contributed by atoms with Crippen LogP contribution in [0.3, 0.4) is 0 Å². The summed E-state index contributed by atoms with van der Waals surface area (Å²) in [5.74, 6) is 0.354. The van der Waals surface area contributed by atoms with E-state index < -0.39 is 0 Å².